The van der Waals surface area contributed by atoms with Crippen molar-refractivity contribution in [1.82, 2.24) is 5.32 Å². The van der Waals surface area contributed by atoms with Crippen LogP contribution in [0.3, 0.4) is 0 Å². The maximum Gasteiger partial charge on any atom is 0.162 e. The molecule has 3 nitrogen and oxygen atoms in total. The van der Waals surface area contributed by atoms with E-state index in [2.05, 4.69) is 5.32 Å². The second kappa shape index (κ2) is 4.66. The maximum absolute atomic E-state index is 10.2. The molecule has 3 aliphatic rings. The van der Waals surface area contributed by atoms with Crippen LogP contribution in [0.2, 0.25) is 0 Å². The molecule has 108 valence electrons. The van der Waals surface area contributed by atoms with Gasteiger partial charge in [0.2, 0.25) is 0 Å². The number of hydrogen-bond donors (Lipinski definition) is 2. The standard InChI is InChI=1S/C17H23NO2/c1-2-20-13-5-3-4-12(17(13)19)9-18-16-14-10-6-7-11(8-10)15(14)16/h3-5,10-11,14-16,18-19H,2,6-9H2,1H3. The second-order valence-corrected chi connectivity index (χ2v) is 6.59. The van der Waals surface area contributed by atoms with Gasteiger partial charge in [-0.15, -0.1) is 0 Å². The van der Waals surface area contributed by atoms with Crippen LogP contribution >= 0.6 is 0 Å². The van der Waals surface area contributed by atoms with Crippen molar-refractivity contribution in [1.29, 1.82) is 0 Å². The largest absolute Gasteiger partial charge is 0.504 e. The lowest BCUT2D eigenvalue weighted by Crippen LogP contribution is -2.22. The molecule has 0 heterocycles. The maximum atomic E-state index is 10.2. The third kappa shape index (κ3) is 1.83. The Bertz CT molecular complexity index is 500. The predicted molar refractivity (Wildman–Crippen MR) is 77.7 cm³/mol. The van der Waals surface area contributed by atoms with E-state index in [1.807, 2.05) is 25.1 Å². The first-order chi connectivity index (χ1) is 9.79. The fourth-order valence-corrected chi connectivity index (χ4v) is 4.81. The Balaban J connectivity index is 1.40. The molecule has 0 radical (unpaired) electrons. The van der Waals surface area contributed by atoms with E-state index < -0.39 is 0 Å². The minimum absolute atomic E-state index is 0.302. The van der Waals surface area contributed by atoms with Gasteiger partial charge in [0.15, 0.2) is 11.5 Å². The van der Waals surface area contributed by atoms with Gasteiger partial charge in [-0.3, -0.25) is 0 Å². The fraction of sp³-hybridized carbons (Fsp3) is 0.647. The zero-order valence-corrected chi connectivity index (χ0v) is 12.0. The lowest BCUT2D eigenvalue weighted by molar-refractivity contribution is 0.316. The highest BCUT2D eigenvalue weighted by molar-refractivity contribution is 5.45. The molecular formula is C17H23NO2. The molecule has 2 N–H and O–H groups in total. The Morgan fingerprint density at radius 2 is 2.00 bits per heavy atom. The number of phenols is 1. The number of hydrogen-bond acceptors (Lipinski definition) is 3. The van der Waals surface area contributed by atoms with Crippen molar-refractivity contribution in [2.24, 2.45) is 23.7 Å². The zero-order valence-electron chi connectivity index (χ0n) is 12.0. The molecule has 0 spiro atoms. The Morgan fingerprint density at radius 3 is 2.70 bits per heavy atom. The van der Waals surface area contributed by atoms with Gasteiger partial charge >= 0.3 is 0 Å². The second-order valence-electron chi connectivity index (χ2n) is 6.59. The molecule has 0 aliphatic heterocycles. The van der Waals surface area contributed by atoms with E-state index in [1.54, 1.807) is 0 Å². The van der Waals surface area contributed by atoms with E-state index >= 15 is 0 Å². The van der Waals surface area contributed by atoms with Crippen molar-refractivity contribution < 1.29 is 9.84 Å². The minimum Gasteiger partial charge on any atom is -0.504 e. The summed E-state index contributed by atoms with van der Waals surface area (Å²) in [6.45, 7) is 3.27. The molecule has 4 rings (SSSR count). The smallest absolute Gasteiger partial charge is 0.162 e. The average molecular weight is 273 g/mol. The van der Waals surface area contributed by atoms with Crippen LogP contribution in [0.4, 0.5) is 0 Å². The van der Waals surface area contributed by atoms with Crippen molar-refractivity contribution in [3.05, 3.63) is 23.8 Å². The number of phenolic OH excluding ortho intramolecular Hbond substituents is 1. The number of rotatable bonds is 5. The summed E-state index contributed by atoms with van der Waals surface area (Å²) in [6, 6.07) is 6.47. The van der Waals surface area contributed by atoms with Crippen molar-refractivity contribution in [3.63, 3.8) is 0 Å². The molecule has 3 saturated carbocycles. The topological polar surface area (TPSA) is 41.5 Å². The molecule has 4 unspecified atom stereocenters. The van der Waals surface area contributed by atoms with E-state index in [4.69, 9.17) is 4.74 Å². The Morgan fingerprint density at radius 1 is 1.25 bits per heavy atom. The average Bonchev–Trinajstić information content (AvgIpc) is 2.84. The van der Waals surface area contributed by atoms with Crippen LogP contribution in [-0.2, 0) is 6.54 Å². The lowest BCUT2D eigenvalue weighted by Gasteiger charge is -2.13. The van der Waals surface area contributed by atoms with Gasteiger partial charge in [0, 0.05) is 18.2 Å². The molecule has 3 aliphatic carbocycles. The summed E-state index contributed by atoms with van der Waals surface area (Å²) in [5.41, 5.74) is 0.952. The molecule has 3 fully saturated rings. The van der Waals surface area contributed by atoms with Crippen molar-refractivity contribution >= 4 is 0 Å². The number of para-hydroxylation sites is 1. The van der Waals surface area contributed by atoms with Crippen LogP contribution in [0.1, 0.15) is 31.7 Å². The van der Waals surface area contributed by atoms with Gasteiger partial charge in [0.05, 0.1) is 6.61 Å². The Kier molecular flexibility index (Phi) is 2.92. The lowest BCUT2D eigenvalue weighted by atomic mass is 10.0. The van der Waals surface area contributed by atoms with Crippen molar-refractivity contribution in [2.75, 3.05) is 6.61 Å². The van der Waals surface area contributed by atoms with Crippen LogP contribution in [0.15, 0.2) is 18.2 Å². The number of aromatic hydroxyl groups is 1. The van der Waals surface area contributed by atoms with E-state index in [0.29, 0.717) is 24.1 Å². The predicted octanol–water partition coefficient (Wildman–Crippen LogP) is 2.93. The summed E-state index contributed by atoms with van der Waals surface area (Å²) >= 11 is 0. The zero-order chi connectivity index (χ0) is 13.7. The van der Waals surface area contributed by atoms with Crippen molar-refractivity contribution in [3.8, 4) is 11.5 Å². The molecule has 0 amide bonds. The quantitative estimate of drug-likeness (QED) is 0.866. The summed E-state index contributed by atoms with van der Waals surface area (Å²) in [4.78, 5) is 0. The third-order valence-corrected chi connectivity index (χ3v) is 5.65. The van der Waals surface area contributed by atoms with E-state index in [-0.39, 0.29) is 0 Å². The number of nitrogens with one attached hydrogen (secondary N) is 1. The molecule has 2 bridgehead atoms. The highest BCUT2D eigenvalue weighted by Gasteiger charge is 2.64. The molecule has 4 atom stereocenters. The highest BCUT2D eigenvalue weighted by atomic mass is 16.5. The van der Waals surface area contributed by atoms with Gasteiger partial charge in [-0.25, -0.2) is 0 Å². The molecule has 1 aromatic carbocycles. The number of ether oxygens (including phenoxy) is 1. The van der Waals surface area contributed by atoms with Gasteiger partial charge in [0.25, 0.3) is 0 Å². The van der Waals surface area contributed by atoms with Gasteiger partial charge in [-0.1, -0.05) is 12.1 Å². The van der Waals surface area contributed by atoms with E-state index in [9.17, 15) is 5.11 Å². The SMILES string of the molecule is CCOc1cccc(CNC2C3C4CCC(C4)C23)c1O. The minimum atomic E-state index is 0.302. The number of fused-ring (bicyclic) bond motifs is 5. The van der Waals surface area contributed by atoms with Gasteiger partial charge in [0.1, 0.15) is 0 Å². The van der Waals surface area contributed by atoms with Crippen LogP contribution in [0.5, 0.6) is 11.5 Å². The summed E-state index contributed by atoms with van der Waals surface area (Å²) < 4.78 is 5.44. The van der Waals surface area contributed by atoms with Crippen LogP contribution in [0.25, 0.3) is 0 Å². The fourth-order valence-electron chi connectivity index (χ4n) is 4.81. The van der Waals surface area contributed by atoms with E-state index in [0.717, 1.165) is 35.8 Å². The van der Waals surface area contributed by atoms with Gasteiger partial charge in [-0.2, -0.15) is 0 Å². The molecule has 1 aromatic rings. The third-order valence-electron chi connectivity index (χ3n) is 5.65. The first-order valence-corrected chi connectivity index (χ1v) is 7.96. The molecule has 3 heteroatoms. The van der Waals surface area contributed by atoms with Crippen LogP contribution < -0.4 is 10.1 Å². The highest BCUT2D eigenvalue weighted by Crippen LogP contribution is 2.65. The van der Waals surface area contributed by atoms with Crippen LogP contribution in [-0.4, -0.2) is 17.8 Å². The molecule has 0 saturated heterocycles. The summed E-state index contributed by atoms with van der Waals surface area (Å²) in [6.07, 6.45) is 4.39. The molecular weight excluding hydrogens is 250 g/mol. The molecule has 0 aromatic heterocycles. The summed E-state index contributed by atoms with van der Waals surface area (Å²) in [5.74, 6) is 4.76. The summed E-state index contributed by atoms with van der Waals surface area (Å²) in [7, 11) is 0. The van der Waals surface area contributed by atoms with E-state index in [1.165, 1.54) is 19.3 Å². The first kappa shape index (κ1) is 12.5. The summed E-state index contributed by atoms with van der Waals surface area (Å²) in [5, 5.41) is 13.9. The van der Waals surface area contributed by atoms with Gasteiger partial charge < -0.3 is 15.2 Å². The Hall–Kier alpha value is -1.22. The van der Waals surface area contributed by atoms with Crippen molar-refractivity contribution in [2.45, 2.75) is 38.8 Å². The first-order valence-electron chi connectivity index (χ1n) is 7.96. The normalized spacial score (nSPS) is 37.0. The Labute approximate surface area is 120 Å². The monoisotopic (exact) mass is 273 g/mol. The number of benzene rings is 1. The van der Waals surface area contributed by atoms with Gasteiger partial charge in [-0.05, 0) is 55.9 Å². The van der Waals surface area contributed by atoms with Crippen LogP contribution in [0, 0.1) is 23.7 Å². The molecule has 20 heavy (non-hydrogen) atoms.